The number of carbonyl (C=O) groups is 1. The van der Waals surface area contributed by atoms with Crippen LogP contribution in [-0.2, 0) is 6.42 Å². The zero-order valence-electron chi connectivity index (χ0n) is 13.5. The molecule has 0 saturated heterocycles. The SMILES string of the molecule is CC[C@H](CCO)NC(=O)Nc1ncc(Cc2cccc(C#N)c2)s1. The number of nitriles is 1. The second-order valence-corrected chi connectivity index (χ2v) is 6.45. The standard InChI is InChI=1S/C17H20N4O2S/c1-2-14(6-7-22)20-16(23)21-17-19-11-15(24-17)9-12-4-3-5-13(8-12)10-18/h3-5,8,11,14,22H,2,6-7,9H2,1H3,(H2,19,20,21,23)/t14-/m1/s1. The summed E-state index contributed by atoms with van der Waals surface area (Å²) >= 11 is 1.40. The summed E-state index contributed by atoms with van der Waals surface area (Å²) < 4.78 is 0. The molecule has 0 aliphatic heterocycles. The van der Waals surface area contributed by atoms with Crippen LogP contribution in [0.2, 0.25) is 0 Å². The van der Waals surface area contributed by atoms with E-state index in [-0.39, 0.29) is 18.7 Å². The molecular formula is C17H20N4O2S. The molecule has 1 aromatic heterocycles. The van der Waals surface area contributed by atoms with Crippen LogP contribution in [0.1, 0.15) is 35.8 Å². The van der Waals surface area contributed by atoms with Gasteiger partial charge in [0.2, 0.25) is 0 Å². The first kappa shape index (κ1) is 17.9. The number of amides is 2. The van der Waals surface area contributed by atoms with Crippen molar-refractivity contribution >= 4 is 22.5 Å². The van der Waals surface area contributed by atoms with E-state index in [1.807, 2.05) is 25.1 Å². The number of aliphatic hydroxyl groups excluding tert-OH is 1. The highest BCUT2D eigenvalue weighted by molar-refractivity contribution is 7.15. The van der Waals surface area contributed by atoms with Gasteiger partial charge in [-0.1, -0.05) is 19.1 Å². The van der Waals surface area contributed by atoms with Gasteiger partial charge in [-0.05, 0) is 30.5 Å². The zero-order valence-corrected chi connectivity index (χ0v) is 14.3. The Kier molecular flexibility index (Phi) is 6.73. The first-order valence-electron chi connectivity index (χ1n) is 7.76. The van der Waals surface area contributed by atoms with E-state index in [0.29, 0.717) is 23.5 Å². The van der Waals surface area contributed by atoms with Crippen LogP contribution < -0.4 is 10.6 Å². The summed E-state index contributed by atoms with van der Waals surface area (Å²) in [5, 5.41) is 23.9. The van der Waals surface area contributed by atoms with E-state index in [1.54, 1.807) is 12.3 Å². The van der Waals surface area contributed by atoms with Gasteiger partial charge < -0.3 is 10.4 Å². The number of nitrogens with zero attached hydrogens (tertiary/aromatic N) is 2. The van der Waals surface area contributed by atoms with Crippen LogP contribution in [0.25, 0.3) is 0 Å². The third-order valence-corrected chi connectivity index (χ3v) is 4.43. The molecule has 0 saturated carbocycles. The summed E-state index contributed by atoms with van der Waals surface area (Å²) in [6.07, 6.45) is 3.68. The van der Waals surface area contributed by atoms with Crippen LogP contribution in [0, 0.1) is 11.3 Å². The molecule has 0 bridgehead atoms. The molecule has 2 amide bonds. The first-order valence-corrected chi connectivity index (χ1v) is 8.58. The smallest absolute Gasteiger partial charge is 0.321 e. The van der Waals surface area contributed by atoms with Gasteiger partial charge in [-0.3, -0.25) is 5.32 Å². The van der Waals surface area contributed by atoms with Gasteiger partial charge in [0, 0.05) is 30.1 Å². The number of aliphatic hydroxyl groups is 1. The van der Waals surface area contributed by atoms with Crippen molar-refractivity contribution in [2.75, 3.05) is 11.9 Å². The van der Waals surface area contributed by atoms with Crippen LogP contribution in [0.5, 0.6) is 0 Å². The van der Waals surface area contributed by atoms with E-state index < -0.39 is 0 Å². The number of anilines is 1. The van der Waals surface area contributed by atoms with Gasteiger partial charge in [-0.2, -0.15) is 5.26 Å². The highest BCUT2D eigenvalue weighted by Gasteiger charge is 2.11. The lowest BCUT2D eigenvalue weighted by Gasteiger charge is -2.15. The number of hydrogen-bond donors (Lipinski definition) is 3. The molecule has 3 N–H and O–H groups in total. The number of thiazole rings is 1. The second kappa shape index (κ2) is 9.01. The molecule has 6 nitrogen and oxygen atoms in total. The van der Waals surface area contributed by atoms with Crippen molar-refractivity contribution < 1.29 is 9.90 Å². The Labute approximate surface area is 145 Å². The molecule has 0 spiro atoms. The third kappa shape index (κ3) is 5.33. The molecule has 0 unspecified atom stereocenters. The van der Waals surface area contributed by atoms with Gasteiger partial charge in [0.1, 0.15) is 0 Å². The highest BCUT2D eigenvalue weighted by atomic mass is 32.1. The number of rotatable bonds is 7. The lowest BCUT2D eigenvalue weighted by Crippen LogP contribution is -2.38. The largest absolute Gasteiger partial charge is 0.396 e. The molecule has 0 aliphatic rings. The van der Waals surface area contributed by atoms with Crippen molar-refractivity contribution in [2.45, 2.75) is 32.2 Å². The minimum atomic E-state index is -0.317. The van der Waals surface area contributed by atoms with E-state index in [0.717, 1.165) is 16.9 Å². The number of nitrogens with one attached hydrogen (secondary N) is 2. The molecule has 24 heavy (non-hydrogen) atoms. The number of urea groups is 1. The van der Waals surface area contributed by atoms with E-state index in [4.69, 9.17) is 10.4 Å². The molecule has 0 aliphatic carbocycles. The molecule has 1 heterocycles. The molecule has 1 atom stereocenters. The summed E-state index contributed by atoms with van der Waals surface area (Å²) in [5.74, 6) is 0. The fourth-order valence-electron chi connectivity index (χ4n) is 2.25. The van der Waals surface area contributed by atoms with Crippen molar-refractivity contribution in [3.05, 3.63) is 46.5 Å². The van der Waals surface area contributed by atoms with E-state index in [9.17, 15) is 4.79 Å². The van der Waals surface area contributed by atoms with Gasteiger partial charge in [0.25, 0.3) is 0 Å². The van der Waals surface area contributed by atoms with Gasteiger partial charge in [-0.15, -0.1) is 11.3 Å². The summed E-state index contributed by atoms with van der Waals surface area (Å²) in [6.45, 7) is 2.00. The Morgan fingerprint density at radius 3 is 3.04 bits per heavy atom. The summed E-state index contributed by atoms with van der Waals surface area (Å²) in [7, 11) is 0. The van der Waals surface area contributed by atoms with Gasteiger partial charge in [0.15, 0.2) is 5.13 Å². The molecule has 2 rings (SSSR count). The van der Waals surface area contributed by atoms with Crippen molar-refractivity contribution in [1.82, 2.24) is 10.3 Å². The van der Waals surface area contributed by atoms with E-state index >= 15 is 0 Å². The fourth-order valence-corrected chi connectivity index (χ4v) is 3.09. The molecule has 0 radical (unpaired) electrons. The number of benzene rings is 1. The molecule has 0 fully saturated rings. The van der Waals surface area contributed by atoms with Crippen LogP contribution >= 0.6 is 11.3 Å². The predicted octanol–water partition coefficient (Wildman–Crippen LogP) is 2.89. The highest BCUT2D eigenvalue weighted by Crippen LogP contribution is 2.21. The Morgan fingerprint density at radius 1 is 1.50 bits per heavy atom. The van der Waals surface area contributed by atoms with E-state index in [2.05, 4.69) is 21.7 Å². The van der Waals surface area contributed by atoms with E-state index in [1.165, 1.54) is 11.3 Å². The average Bonchev–Trinajstić information content (AvgIpc) is 3.01. The Morgan fingerprint density at radius 2 is 2.33 bits per heavy atom. The molecule has 7 heteroatoms. The minimum Gasteiger partial charge on any atom is -0.396 e. The number of aromatic nitrogens is 1. The maximum atomic E-state index is 11.9. The molecular weight excluding hydrogens is 324 g/mol. The molecule has 126 valence electrons. The monoisotopic (exact) mass is 344 g/mol. The Hall–Kier alpha value is -2.43. The van der Waals surface area contributed by atoms with Gasteiger partial charge in [0.05, 0.1) is 11.6 Å². The lowest BCUT2D eigenvalue weighted by molar-refractivity contribution is 0.237. The van der Waals surface area contributed by atoms with Crippen molar-refractivity contribution in [1.29, 1.82) is 5.26 Å². The van der Waals surface area contributed by atoms with Crippen molar-refractivity contribution in [2.24, 2.45) is 0 Å². The van der Waals surface area contributed by atoms with Gasteiger partial charge in [-0.25, -0.2) is 9.78 Å². The van der Waals surface area contributed by atoms with Gasteiger partial charge >= 0.3 is 6.03 Å². The quantitative estimate of drug-likeness (QED) is 0.719. The topological polar surface area (TPSA) is 98.0 Å². The average molecular weight is 344 g/mol. The summed E-state index contributed by atoms with van der Waals surface area (Å²) in [5.41, 5.74) is 1.66. The zero-order chi connectivity index (χ0) is 17.4. The van der Waals surface area contributed by atoms with Crippen LogP contribution in [-0.4, -0.2) is 28.8 Å². The molecule has 2 aromatic rings. The predicted molar refractivity (Wildman–Crippen MR) is 94.0 cm³/mol. The fraction of sp³-hybridized carbons (Fsp3) is 0.353. The van der Waals surface area contributed by atoms with Crippen molar-refractivity contribution in [3.63, 3.8) is 0 Å². The summed E-state index contributed by atoms with van der Waals surface area (Å²) in [4.78, 5) is 17.1. The molecule has 1 aromatic carbocycles. The lowest BCUT2D eigenvalue weighted by atomic mass is 10.1. The normalized spacial score (nSPS) is 11.5. The van der Waals surface area contributed by atoms with Crippen LogP contribution in [0.3, 0.4) is 0 Å². The third-order valence-electron chi connectivity index (χ3n) is 3.51. The first-order chi connectivity index (χ1) is 11.6. The maximum absolute atomic E-state index is 11.9. The Bertz CT molecular complexity index is 723. The maximum Gasteiger partial charge on any atom is 0.321 e. The Balaban J connectivity index is 1.93. The van der Waals surface area contributed by atoms with Crippen molar-refractivity contribution in [3.8, 4) is 6.07 Å². The second-order valence-electron chi connectivity index (χ2n) is 5.34. The van der Waals surface area contributed by atoms with Crippen LogP contribution in [0.4, 0.5) is 9.93 Å². The van der Waals surface area contributed by atoms with Crippen LogP contribution in [0.15, 0.2) is 30.5 Å². The number of carbonyl (C=O) groups excluding carboxylic acids is 1. The summed E-state index contributed by atoms with van der Waals surface area (Å²) in [6, 6.07) is 9.18. The number of hydrogen-bond acceptors (Lipinski definition) is 5. The minimum absolute atomic E-state index is 0.0436.